The fourth-order valence-electron chi connectivity index (χ4n) is 3.28. The van der Waals surface area contributed by atoms with Gasteiger partial charge < -0.3 is 0 Å². The number of hydrogen-bond acceptors (Lipinski definition) is 0. The molecule has 4 aromatic rings. The highest BCUT2D eigenvalue weighted by Gasteiger charge is 2.44. The molecule has 0 aliphatic carbocycles. The molecule has 0 aliphatic rings. The molecule has 0 bridgehead atoms. The van der Waals surface area contributed by atoms with Crippen LogP contribution >= 0.6 is 7.26 Å². The summed E-state index contributed by atoms with van der Waals surface area (Å²) in [4.78, 5) is 0. The summed E-state index contributed by atoms with van der Waals surface area (Å²) in [6, 6.07) is 37.8. The fourth-order valence-corrected chi connectivity index (χ4v) is 6.71. The molecule has 0 aliphatic heterocycles. The van der Waals surface area contributed by atoms with Crippen molar-refractivity contribution in [3.05, 3.63) is 127 Å². The Morgan fingerprint density at radius 2 is 0.893 bits per heavy atom. The Morgan fingerprint density at radius 1 is 0.500 bits per heavy atom. The van der Waals surface area contributed by atoms with Crippen molar-refractivity contribution in [2.24, 2.45) is 0 Å². The van der Waals surface area contributed by atoms with Gasteiger partial charge in [-0.1, -0.05) is 54.6 Å². The maximum Gasteiger partial charge on any atom is 0.189 e. The molecular formula is C26H19FP+. The van der Waals surface area contributed by atoms with E-state index in [0.29, 0.717) is 0 Å². The van der Waals surface area contributed by atoms with Crippen molar-refractivity contribution >= 4 is 23.2 Å². The van der Waals surface area contributed by atoms with Gasteiger partial charge in [-0.2, -0.15) is 0 Å². The molecule has 0 aromatic heterocycles. The minimum Gasteiger partial charge on any atom is -0.207 e. The molecule has 28 heavy (non-hydrogen) atoms. The first-order valence-electron chi connectivity index (χ1n) is 9.14. The smallest absolute Gasteiger partial charge is 0.189 e. The number of benzene rings is 4. The van der Waals surface area contributed by atoms with Crippen molar-refractivity contribution in [1.29, 1.82) is 0 Å². The van der Waals surface area contributed by atoms with Gasteiger partial charge in [-0.05, 0) is 66.6 Å². The molecule has 0 radical (unpaired) electrons. The third kappa shape index (κ3) is 3.61. The van der Waals surface area contributed by atoms with Crippen LogP contribution < -0.4 is 15.9 Å². The summed E-state index contributed by atoms with van der Waals surface area (Å²) in [5.41, 5.74) is 4.47. The summed E-state index contributed by atoms with van der Waals surface area (Å²) in [6.07, 6.45) is 0. The van der Waals surface area contributed by atoms with E-state index >= 15 is 0 Å². The van der Waals surface area contributed by atoms with Gasteiger partial charge in [0.15, 0.2) is 7.26 Å². The van der Waals surface area contributed by atoms with Crippen LogP contribution in [0.2, 0.25) is 0 Å². The molecule has 0 N–H and O–H groups in total. The molecule has 0 amide bonds. The molecule has 134 valence electrons. The van der Waals surface area contributed by atoms with Crippen molar-refractivity contribution < 1.29 is 4.39 Å². The summed E-state index contributed by atoms with van der Waals surface area (Å²) in [5.74, 6) is 3.09. The lowest BCUT2D eigenvalue weighted by molar-refractivity contribution is 0.627. The lowest BCUT2D eigenvalue weighted by atomic mass is 10.2. The fraction of sp³-hybridized carbons (Fsp3) is 0. The van der Waals surface area contributed by atoms with Gasteiger partial charge in [0, 0.05) is 5.56 Å². The Bertz CT molecular complexity index is 997. The molecule has 4 rings (SSSR count). The van der Waals surface area contributed by atoms with E-state index in [-0.39, 0.29) is 5.82 Å². The van der Waals surface area contributed by atoms with Gasteiger partial charge in [0.1, 0.15) is 21.7 Å². The Morgan fingerprint density at radius 3 is 1.29 bits per heavy atom. The molecule has 0 heterocycles. The molecule has 0 nitrogen and oxygen atoms in total. The van der Waals surface area contributed by atoms with Crippen LogP contribution in [0.3, 0.4) is 0 Å². The normalized spacial score (nSPS) is 10.8. The van der Waals surface area contributed by atoms with Gasteiger partial charge in [0.05, 0.1) is 5.66 Å². The van der Waals surface area contributed by atoms with Crippen LogP contribution in [0.15, 0.2) is 115 Å². The van der Waals surface area contributed by atoms with E-state index in [0.717, 1.165) is 5.56 Å². The first kappa shape index (κ1) is 18.2. The van der Waals surface area contributed by atoms with Crippen LogP contribution in [0, 0.1) is 17.4 Å². The standard InChI is InChI=1S/C26H19FP/c27-23-18-16-22(17-19-23)20-21-28(24-10-4-1-5-11-24,25-12-6-2-7-13-25)26-14-8-3-9-15-26/h1-19H/q+1. The number of rotatable bonds is 3. The number of hydrogen-bond donors (Lipinski definition) is 0. The van der Waals surface area contributed by atoms with Gasteiger partial charge in [-0.15, -0.1) is 0 Å². The van der Waals surface area contributed by atoms with Gasteiger partial charge in [-0.3, -0.25) is 0 Å². The Balaban J connectivity index is 2.00. The minimum atomic E-state index is -2.19. The number of halogens is 1. The zero-order valence-electron chi connectivity index (χ0n) is 15.3. The van der Waals surface area contributed by atoms with Gasteiger partial charge >= 0.3 is 0 Å². The average molecular weight is 381 g/mol. The third-order valence-corrected chi connectivity index (χ3v) is 8.31. The third-order valence-electron chi connectivity index (χ3n) is 4.64. The van der Waals surface area contributed by atoms with Gasteiger partial charge in [-0.25, -0.2) is 4.39 Å². The van der Waals surface area contributed by atoms with E-state index in [1.54, 1.807) is 12.1 Å². The van der Waals surface area contributed by atoms with Crippen LogP contribution in [-0.4, -0.2) is 0 Å². The molecule has 0 saturated carbocycles. The van der Waals surface area contributed by atoms with Crippen LogP contribution in [0.1, 0.15) is 5.56 Å². The van der Waals surface area contributed by atoms with Gasteiger partial charge in [0.2, 0.25) is 0 Å². The van der Waals surface area contributed by atoms with Crippen LogP contribution in [0.25, 0.3) is 0 Å². The first-order valence-corrected chi connectivity index (χ1v) is 10.9. The van der Waals surface area contributed by atoms with E-state index in [4.69, 9.17) is 0 Å². The molecule has 0 spiro atoms. The van der Waals surface area contributed by atoms with Crippen molar-refractivity contribution in [2.75, 3.05) is 0 Å². The predicted octanol–water partition coefficient (Wildman–Crippen LogP) is 5.13. The Kier molecular flexibility index (Phi) is 5.34. The highest BCUT2D eigenvalue weighted by molar-refractivity contribution is 7.99. The van der Waals surface area contributed by atoms with Crippen molar-refractivity contribution in [2.45, 2.75) is 0 Å². The van der Waals surface area contributed by atoms with E-state index in [1.807, 2.05) is 18.2 Å². The summed E-state index contributed by atoms with van der Waals surface area (Å²) in [7, 11) is -2.19. The Labute approximate surface area is 166 Å². The van der Waals surface area contributed by atoms with Crippen LogP contribution in [0.4, 0.5) is 4.39 Å². The summed E-state index contributed by atoms with van der Waals surface area (Å²) in [5, 5.41) is 3.63. The maximum atomic E-state index is 13.3. The molecule has 2 heteroatoms. The lowest BCUT2D eigenvalue weighted by Gasteiger charge is -2.21. The van der Waals surface area contributed by atoms with E-state index in [2.05, 4.69) is 84.4 Å². The Hall–Kier alpha value is -3.20. The predicted molar refractivity (Wildman–Crippen MR) is 118 cm³/mol. The summed E-state index contributed by atoms with van der Waals surface area (Å²) in [6.45, 7) is 0. The topological polar surface area (TPSA) is 0 Å². The minimum absolute atomic E-state index is 0.249. The van der Waals surface area contributed by atoms with Crippen LogP contribution in [-0.2, 0) is 0 Å². The lowest BCUT2D eigenvalue weighted by Crippen LogP contribution is -2.29. The average Bonchev–Trinajstić information content (AvgIpc) is 2.78. The van der Waals surface area contributed by atoms with Crippen LogP contribution in [0.5, 0.6) is 0 Å². The molecule has 0 fully saturated rings. The van der Waals surface area contributed by atoms with Crippen molar-refractivity contribution in [1.82, 2.24) is 0 Å². The van der Waals surface area contributed by atoms with E-state index in [1.165, 1.54) is 28.0 Å². The molecule has 0 unspecified atom stereocenters. The first-order chi connectivity index (χ1) is 13.8. The summed E-state index contributed by atoms with van der Waals surface area (Å²) < 4.78 is 13.3. The second-order valence-electron chi connectivity index (χ2n) is 6.42. The molecule has 0 atom stereocenters. The molecular weight excluding hydrogens is 362 g/mol. The van der Waals surface area contributed by atoms with E-state index in [9.17, 15) is 4.39 Å². The SMILES string of the molecule is Fc1ccc(C#C[P+](c2ccccc2)(c2ccccc2)c2ccccc2)cc1. The zero-order chi connectivity index (χ0) is 19.2. The van der Waals surface area contributed by atoms with E-state index < -0.39 is 7.26 Å². The molecule has 0 saturated heterocycles. The second-order valence-corrected chi connectivity index (χ2v) is 9.54. The highest BCUT2D eigenvalue weighted by Crippen LogP contribution is 2.54. The largest absolute Gasteiger partial charge is 0.207 e. The maximum absolute atomic E-state index is 13.3. The summed E-state index contributed by atoms with van der Waals surface area (Å²) >= 11 is 0. The highest BCUT2D eigenvalue weighted by atomic mass is 31.2. The zero-order valence-corrected chi connectivity index (χ0v) is 16.2. The van der Waals surface area contributed by atoms with Crippen molar-refractivity contribution in [3.63, 3.8) is 0 Å². The quantitative estimate of drug-likeness (QED) is 0.341. The van der Waals surface area contributed by atoms with Gasteiger partial charge in [0.25, 0.3) is 0 Å². The second kappa shape index (κ2) is 8.22. The molecule has 4 aromatic carbocycles. The van der Waals surface area contributed by atoms with Crippen molar-refractivity contribution in [3.8, 4) is 11.6 Å². The monoisotopic (exact) mass is 381 g/mol.